The van der Waals surface area contributed by atoms with E-state index in [0.717, 1.165) is 43.8 Å². The first-order valence-electron chi connectivity index (χ1n) is 12.6. The molecule has 4 aromatic rings. The lowest BCUT2D eigenvalue weighted by Gasteiger charge is -2.36. The number of piperazine rings is 1. The van der Waals surface area contributed by atoms with Gasteiger partial charge in [0, 0.05) is 32.7 Å². The summed E-state index contributed by atoms with van der Waals surface area (Å²) < 4.78 is 0. The number of hydrogen-bond donors (Lipinski definition) is 1. The number of nitrogens with zero attached hydrogens (tertiary/aromatic N) is 5. The minimum absolute atomic E-state index is 0.233. The molecule has 1 saturated heterocycles. The van der Waals surface area contributed by atoms with Gasteiger partial charge in [-0.3, -0.25) is 9.69 Å². The van der Waals surface area contributed by atoms with Crippen LogP contribution in [0.5, 0.6) is 0 Å². The number of aromatic nitrogens is 2. The molecule has 1 fully saturated rings. The Morgan fingerprint density at radius 1 is 0.892 bits per heavy atom. The second-order valence-corrected chi connectivity index (χ2v) is 9.37. The Labute approximate surface area is 217 Å². The van der Waals surface area contributed by atoms with Crippen molar-refractivity contribution in [1.29, 1.82) is 5.26 Å². The molecular formula is C30H30N6O. The third-order valence-electron chi connectivity index (χ3n) is 6.82. The van der Waals surface area contributed by atoms with E-state index in [9.17, 15) is 10.1 Å². The molecule has 7 heteroatoms. The van der Waals surface area contributed by atoms with Crippen LogP contribution in [0.4, 0.5) is 5.82 Å². The highest BCUT2D eigenvalue weighted by atomic mass is 16.2. The molecule has 0 bridgehead atoms. The van der Waals surface area contributed by atoms with E-state index in [4.69, 9.17) is 9.97 Å². The van der Waals surface area contributed by atoms with Crippen molar-refractivity contribution in [2.24, 2.45) is 0 Å². The fraction of sp³-hybridized carbons (Fsp3) is 0.267. The zero-order valence-electron chi connectivity index (χ0n) is 20.9. The van der Waals surface area contributed by atoms with Gasteiger partial charge in [-0.15, -0.1) is 0 Å². The predicted octanol–water partition coefficient (Wildman–Crippen LogP) is 4.44. The van der Waals surface area contributed by atoms with Crippen molar-refractivity contribution in [1.82, 2.24) is 20.2 Å². The summed E-state index contributed by atoms with van der Waals surface area (Å²) in [5, 5.41) is 13.1. The van der Waals surface area contributed by atoms with Gasteiger partial charge in [0.2, 0.25) is 5.91 Å². The smallest absolute Gasteiger partial charge is 0.244 e. The van der Waals surface area contributed by atoms with E-state index < -0.39 is 5.92 Å². The summed E-state index contributed by atoms with van der Waals surface area (Å²) in [4.78, 5) is 27.6. The number of nitriles is 1. The van der Waals surface area contributed by atoms with Gasteiger partial charge < -0.3 is 10.2 Å². The predicted molar refractivity (Wildman–Crippen MR) is 145 cm³/mol. The van der Waals surface area contributed by atoms with Gasteiger partial charge in [-0.05, 0) is 30.2 Å². The molecule has 1 aliphatic rings. The lowest BCUT2D eigenvalue weighted by atomic mass is 10.0. The summed E-state index contributed by atoms with van der Waals surface area (Å²) in [6.07, 6.45) is 0. The van der Waals surface area contributed by atoms with Gasteiger partial charge in [0.15, 0.2) is 11.7 Å². The Balaban J connectivity index is 1.39. The molecule has 7 nitrogen and oxygen atoms in total. The first kappa shape index (κ1) is 24.4. The number of hydrogen-bond acceptors (Lipinski definition) is 6. The van der Waals surface area contributed by atoms with E-state index in [1.54, 1.807) is 0 Å². The molecule has 2 atom stereocenters. The molecule has 0 unspecified atom stereocenters. The van der Waals surface area contributed by atoms with Crippen molar-refractivity contribution in [2.75, 3.05) is 31.1 Å². The summed E-state index contributed by atoms with van der Waals surface area (Å²) in [5.74, 6) is -0.819. The van der Waals surface area contributed by atoms with Gasteiger partial charge in [-0.25, -0.2) is 9.97 Å². The van der Waals surface area contributed by atoms with Crippen LogP contribution in [-0.2, 0) is 11.3 Å². The van der Waals surface area contributed by atoms with Crippen molar-refractivity contribution in [3.8, 4) is 6.07 Å². The highest BCUT2D eigenvalue weighted by Gasteiger charge is 2.31. The second-order valence-electron chi connectivity index (χ2n) is 9.37. The average Bonchev–Trinajstić information content (AvgIpc) is 2.94. The SMILES string of the molecule is C[C@@H](NC(=O)[C@H](C#N)c1nc2ccccc2nc1N1CCN(Cc2ccccc2)CC1)c1ccccc1. The number of nitrogens with one attached hydrogen (secondary N) is 1. The molecule has 0 spiro atoms. The van der Waals surface area contributed by atoms with Crippen molar-refractivity contribution >= 4 is 22.8 Å². The average molecular weight is 491 g/mol. The number of rotatable bonds is 7. The zero-order chi connectivity index (χ0) is 25.6. The van der Waals surface area contributed by atoms with Crippen molar-refractivity contribution < 1.29 is 4.79 Å². The Hall–Kier alpha value is -4.28. The maximum absolute atomic E-state index is 13.4. The van der Waals surface area contributed by atoms with Crippen LogP contribution in [0.3, 0.4) is 0 Å². The van der Waals surface area contributed by atoms with Crippen LogP contribution in [-0.4, -0.2) is 47.0 Å². The van der Waals surface area contributed by atoms with Crippen LogP contribution >= 0.6 is 0 Å². The molecule has 1 N–H and O–H groups in total. The van der Waals surface area contributed by atoms with E-state index in [1.807, 2.05) is 67.6 Å². The molecule has 5 rings (SSSR count). The largest absolute Gasteiger partial charge is 0.352 e. The second kappa shape index (κ2) is 11.2. The van der Waals surface area contributed by atoms with Crippen LogP contribution in [0, 0.1) is 11.3 Å². The van der Waals surface area contributed by atoms with Crippen molar-refractivity contribution in [3.05, 3.63) is 102 Å². The van der Waals surface area contributed by atoms with Crippen LogP contribution in [0.15, 0.2) is 84.9 Å². The number of carbonyl (C=O) groups is 1. The summed E-state index contributed by atoms with van der Waals surface area (Å²) in [6.45, 7) is 6.01. The normalized spacial score (nSPS) is 15.6. The molecule has 1 amide bonds. The summed E-state index contributed by atoms with van der Waals surface area (Å²) >= 11 is 0. The topological polar surface area (TPSA) is 85.1 Å². The number of para-hydroxylation sites is 2. The molecular weight excluding hydrogens is 460 g/mol. The van der Waals surface area contributed by atoms with Crippen LogP contribution in [0.1, 0.15) is 35.7 Å². The Bertz CT molecular complexity index is 1390. The third kappa shape index (κ3) is 5.60. The monoisotopic (exact) mass is 490 g/mol. The standard InChI is InChI=1S/C30H30N6O/c1-22(24-12-6-3-7-13-24)32-30(37)25(20-31)28-29(34-27-15-9-8-14-26(27)33-28)36-18-16-35(17-19-36)21-23-10-4-2-5-11-23/h2-15,22,25H,16-19,21H2,1H3,(H,32,37)/t22-,25-/m1/s1. The number of fused-ring (bicyclic) bond motifs is 1. The number of anilines is 1. The summed E-state index contributed by atoms with van der Waals surface area (Å²) in [5.41, 5.74) is 4.11. The molecule has 0 saturated carbocycles. The van der Waals surface area contributed by atoms with Gasteiger partial charge in [0.1, 0.15) is 5.69 Å². The maximum Gasteiger partial charge on any atom is 0.244 e. The number of benzene rings is 3. The molecule has 1 aliphatic heterocycles. The Morgan fingerprint density at radius 3 is 2.14 bits per heavy atom. The zero-order valence-corrected chi connectivity index (χ0v) is 20.9. The molecule has 0 radical (unpaired) electrons. The molecule has 0 aliphatic carbocycles. The van der Waals surface area contributed by atoms with Crippen molar-refractivity contribution in [3.63, 3.8) is 0 Å². The van der Waals surface area contributed by atoms with Gasteiger partial charge in [-0.2, -0.15) is 5.26 Å². The quantitative estimate of drug-likeness (QED) is 0.412. The third-order valence-corrected chi connectivity index (χ3v) is 6.82. The van der Waals surface area contributed by atoms with E-state index in [0.29, 0.717) is 17.0 Å². The van der Waals surface area contributed by atoms with Gasteiger partial charge in [-0.1, -0.05) is 72.8 Å². The molecule has 3 aromatic carbocycles. The van der Waals surface area contributed by atoms with E-state index in [-0.39, 0.29) is 11.9 Å². The maximum atomic E-state index is 13.4. The number of carbonyl (C=O) groups excluding carboxylic acids is 1. The van der Waals surface area contributed by atoms with Crippen LogP contribution in [0.2, 0.25) is 0 Å². The Morgan fingerprint density at radius 2 is 1.49 bits per heavy atom. The summed E-state index contributed by atoms with van der Waals surface area (Å²) in [6, 6.07) is 29.8. The van der Waals surface area contributed by atoms with E-state index in [1.165, 1.54) is 5.56 Å². The first-order chi connectivity index (χ1) is 18.1. The highest BCUT2D eigenvalue weighted by molar-refractivity contribution is 5.89. The van der Waals surface area contributed by atoms with Gasteiger partial charge >= 0.3 is 0 Å². The van der Waals surface area contributed by atoms with Crippen LogP contribution in [0.25, 0.3) is 11.0 Å². The minimum Gasteiger partial charge on any atom is -0.352 e. The Kier molecular flexibility index (Phi) is 7.38. The fourth-order valence-electron chi connectivity index (χ4n) is 4.76. The molecule has 2 heterocycles. The van der Waals surface area contributed by atoms with Gasteiger partial charge in [0.25, 0.3) is 0 Å². The minimum atomic E-state index is -1.07. The molecule has 186 valence electrons. The molecule has 1 aromatic heterocycles. The fourth-order valence-corrected chi connectivity index (χ4v) is 4.76. The van der Waals surface area contributed by atoms with Gasteiger partial charge in [0.05, 0.1) is 23.1 Å². The van der Waals surface area contributed by atoms with Crippen molar-refractivity contribution in [2.45, 2.75) is 25.4 Å². The highest BCUT2D eigenvalue weighted by Crippen LogP contribution is 2.29. The summed E-state index contributed by atoms with van der Waals surface area (Å²) in [7, 11) is 0. The van der Waals surface area contributed by atoms with Crippen LogP contribution < -0.4 is 10.2 Å². The molecule has 37 heavy (non-hydrogen) atoms. The first-order valence-corrected chi connectivity index (χ1v) is 12.6. The number of amides is 1. The van der Waals surface area contributed by atoms with E-state index in [2.05, 4.69) is 45.5 Å². The van der Waals surface area contributed by atoms with E-state index >= 15 is 0 Å². The lowest BCUT2D eigenvalue weighted by molar-refractivity contribution is -0.122. The lowest BCUT2D eigenvalue weighted by Crippen LogP contribution is -2.47.